The minimum absolute atomic E-state index is 0.00956. The molecule has 0 bridgehead atoms. The van der Waals surface area contributed by atoms with Crippen LogP contribution < -0.4 is 4.74 Å². The van der Waals surface area contributed by atoms with E-state index in [0.717, 1.165) is 29.9 Å². The summed E-state index contributed by atoms with van der Waals surface area (Å²) in [6.07, 6.45) is 2.20. The highest BCUT2D eigenvalue weighted by molar-refractivity contribution is 5.53. The van der Waals surface area contributed by atoms with Crippen molar-refractivity contribution in [1.29, 1.82) is 0 Å². The Balaban J connectivity index is 2.10. The summed E-state index contributed by atoms with van der Waals surface area (Å²) < 4.78 is 7.07. The van der Waals surface area contributed by atoms with E-state index in [-0.39, 0.29) is 30.7 Å². The van der Waals surface area contributed by atoms with Gasteiger partial charge in [0.25, 0.3) is 0 Å². The van der Waals surface area contributed by atoms with Crippen molar-refractivity contribution in [3.8, 4) is 11.6 Å². The quantitative estimate of drug-likeness (QED) is 0.474. The minimum atomic E-state index is -0.428. The molecule has 1 aliphatic carbocycles. The zero-order chi connectivity index (χ0) is 17.3. The summed E-state index contributed by atoms with van der Waals surface area (Å²) in [4.78, 5) is 15.6. The van der Waals surface area contributed by atoms with E-state index in [1.165, 1.54) is 0 Å². The Labute approximate surface area is 139 Å². The molecule has 0 aromatic carbocycles. The Bertz CT molecular complexity index is 768. The van der Waals surface area contributed by atoms with Gasteiger partial charge in [-0.3, -0.25) is 15.1 Å². The van der Waals surface area contributed by atoms with Crippen LogP contribution in [0.5, 0.6) is 5.88 Å². The van der Waals surface area contributed by atoms with Crippen molar-refractivity contribution in [2.45, 2.75) is 39.0 Å². The number of hydrogen-bond donors (Lipinski definition) is 1. The van der Waals surface area contributed by atoms with E-state index < -0.39 is 4.92 Å². The molecule has 8 heteroatoms. The predicted molar refractivity (Wildman–Crippen MR) is 86.7 cm³/mol. The smallest absolute Gasteiger partial charge is 0.354 e. The zero-order valence-corrected chi connectivity index (χ0v) is 13.7. The lowest BCUT2D eigenvalue weighted by molar-refractivity contribution is -0.386. The normalized spacial score (nSPS) is 14.0. The first-order valence-electron chi connectivity index (χ1n) is 7.98. The highest BCUT2D eigenvalue weighted by Crippen LogP contribution is 2.48. The monoisotopic (exact) mass is 332 g/mol. The molecular formula is C16H20N4O4. The molecule has 1 saturated carbocycles. The van der Waals surface area contributed by atoms with Gasteiger partial charge in [-0.15, -0.1) is 5.10 Å². The topological polar surface area (TPSA) is 103 Å². The Kier molecular flexibility index (Phi) is 4.48. The van der Waals surface area contributed by atoms with Gasteiger partial charge in [0, 0.05) is 24.6 Å². The van der Waals surface area contributed by atoms with Crippen LogP contribution >= 0.6 is 0 Å². The van der Waals surface area contributed by atoms with Crippen LogP contribution in [0.3, 0.4) is 0 Å². The first-order chi connectivity index (χ1) is 11.5. The first kappa shape index (κ1) is 16.4. The fourth-order valence-electron chi connectivity index (χ4n) is 2.71. The second-order valence-corrected chi connectivity index (χ2v) is 5.96. The van der Waals surface area contributed by atoms with Crippen LogP contribution in [-0.2, 0) is 0 Å². The third-order valence-corrected chi connectivity index (χ3v) is 3.98. The third-order valence-electron chi connectivity index (χ3n) is 3.98. The van der Waals surface area contributed by atoms with Crippen molar-refractivity contribution in [3.63, 3.8) is 0 Å². The van der Waals surface area contributed by atoms with Gasteiger partial charge in [-0.2, -0.15) is 0 Å². The zero-order valence-electron chi connectivity index (χ0n) is 13.7. The standard InChI is InChI=1S/C16H20N4O4/c1-10-4-7-13(11(2)17-10)19-14(12-5-6-12)15(20(22)23)16(18-19)24-9-3-8-21/h4,7,12,21H,3,5-6,8-9H2,1-2H3. The Morgan fingerprint density at radius 2 is 2.17 bits per heavy atom. The van der Waals surface area contributed by atoms with Crippen molar-refractivity contribution in [2.75, 3.05) is 13.2 Å². The molecule has 0 amide bonds. The van der Waals surface area contributed by atoms with E-state index in [1.807, 2.05) is 26.0 Å². The molecule has 24 heavy (non-hydrogen) atoms. The average Bonchev–Trinajstić information content (AvgIpc) is 3.29. The summed E-state index contributed by atoms with van der Waals surface area (Å²) in [6, 6.07) is 3.73. The van der Waals surface area contributed by atoms with Gasteiger partial charge in [0.05, 0.1) is 22.9 Å². The molecular weight excluding hydrogens is 312 g/mol. The number of aliphatic hydroxyl groups is 1. The highest BCUT2D eigenvalue weighted by Gasteiger charge is 2.40. The number of nitrogens with zero attached hydrogens (tertiary/aromatic N) is 4. The van der Waals surface area contributed by atoms with E-state index in [1.54, 1.807) is 4.68 Å². The van der Waals surface area contributed by atoms with Gasteiger partial charge >= 0.3 is 11.6 Å². The van der Waals surface area contributed by atoms with Crippen LogP contribution in [0.1, 0.15) is 42.3 Å². The maximum atomic E-state index is 11.6. The van der Waals surface area contributed by atoms with Crippen LogP contribution in [0.25, 0.3) is 5.69 Å². The van der Waals surface area contributed by atoms with Gasteiger partial charge in [0.1, 0.15) is 5.69 Å². The summed E-state index contributed by atoms with van der Waals surface area (Å²) in [5.41, 5.74) is 2.87. The molecule has 0 spiro atoms. The second kappa shape index (κ2) is 6.56. The average molecular weight is 332 g/mol. The van der Waals surface area contributed by atoms with Crippen LogP contribution in [0, 0.1) is 24.0 Å². The van der Waals surface area contributed by atoms with Crippen molar-refractivity contribution >= 4 is 5.69 Å². The second-order valence-electron chi connectivity index (χ2n) is 5.96. The molecule has 0 saturated heterocycles. The van der Waals surface area contributed by atoms with E-state index in [4.69, 9.17) is 9.84 Å². The summed E-state index contributed by atoms with van der Waals surface area (Å²) in [5.74, 6) is 0.129. The van der Waals surface area contributed by atoms with E-state index in [0.29, 0.717) is 12.1 Å². The lowest BCUT2D eigenvalue weighted by Crippen LogP contribution is -2.06. The van der Waals surface area contributed by atoms with E-state index >= 15 is 0 Å². The molecule has 0 radical (unpaired) electrons. The van der Waals surface area contributed by atoms with E-state index in [9.17, 15) is 10.1 Å². The van der Waals surface area contributed by atoms with Gasteiger partial charge in [0.2, 0.25) is 0 Å². The summed E-state index contributed by atoms with van der Waals surface area (Å²) >= 11 is 0. The van der Waals surface area contributed by atoms with Crippen LogP contribution in [0.15, 0.2) is 12.1 Å². The molecule has 0 atom stereocenters. The van der Waals surface area contributed by atoms with Crippen LogP contribution in [0.2, 0.25) is 0 Å². The SMILES string of the molecule is Cc1ccc(-n2nc(OCCCO)c([N+](=O)[O-])c2C2CC2)c(C)n1. The van der Waals surface area contributed by atoms with Gasteiger partial charge in [-0.25, -0.2) is 4.68 Å². The predicted octanol–water partition coefficient (Wildman–Crippen LogP) is 2.43. The fourth-order valence-corrected chi connectivity index (χ4v) is 2.71. The number of aromatic nitrogens is 3. The molecule has 2 aromatic heterocycles. The van der Waals surface area contributed by atoms with Gasteiger partial charge in [0.15, 0.2) is 0 Å². The van der Waals surface area contributed by atoms with E-state index in [2.05, 4.69) is 10.1 Å². The number of hydrogen-bond acceptors (Lipinski definition) is 6. The summed E-state index contributed by atoms with van der Waals surface area (Å²) in [6.45, 7) is 3.90. The molecule has 2 aromatic rings. The lowest BCUT2D eigenvalue weighted by atomic mass is 10.2. The van der Waals surface area contributed by atoms with Crippen molar-refractivity contribution in [2.24, 2.45) is 0 Å². The molecule has 1 N–H and O–H groups in total. The number of nitro groups is 1. The highest BCUT2D eigenvalue weighted by atomic mass is 16.6. The summed E-state index contributed by atoms with van der Waals surface area (Å²) in [5, 5.41) is 24.8. The number of aliphatic hydroxyl groups excluding tert-OH is 1. The molecule has 3 rings (SSSR count). The third kappa shape index (κ3) is 3.09. The molecule has 0 unspecified atom stereocenters. The Morgan fingerprint density at radius 3 is 2.75 bits per heavy atom. The molecule has 1 aliphatic rings. The Morgan fingerprint density at radius 1 is 1.42 bits per heavy atom. The largest absolute Gasteiger partial charge is 0.472 e. The maximum Gasteiger partial charge on any atom is 0.354 e. The molecule has 0 aliphatic heterocycles. The maximum absolute atomic E-state index is 11.6. The Hall–Kier alpha value is -2.48. The summed E-state index contributed by atoms with van der Waals surface area (Å²) in [7, 11) is 0. The number of ether oxygens (including phenoxy) is 1. The van der Waals surface area contributed by atoms with Crippen molar-refractivity contribution < 1.29 is 14.8 Å². The minimum Gasteiger partial charge on any atom is -0.472 e. The molecule has 128 valence electrons. The molecule has 2 heterocycles. The van der Waals surface area contributed by atoms with Gasteiger partial charge < -0.3 is 9.84 Å². The van der Waals surface area contributed by atoms with Crippen molar-refractivity contribution in [1.82, 2.24) is 14.8 Å². The van der Waals surface area contributed by atoms with Crippen molar-refractivity contribution in [3.05, 3.63) is 39.3 Å². The number of pyridine rings is 1. The molecule has 8 nitrogen and oxygen atoms in total. The van der Waals surface area contributed by atoms with Gasteiger partial charge in [-0.05, 0) is 38.8 Å². The lowest BCUT2D eigenvalue weighted by Gasteiger charge is -2.08. The fraction of sp³-hybridized carbons (Fsp3) is 0.500. The van der Waals surface area contributed by atoms with Crippen LogP contribution in [0.4, 0.5) is 5.69 Å². The number of rotatable bonds is 7. The van der Waals surface area contributed by atoms with Gasteiger partial charge in [-0.1, -0.05) is 0 Å². The van der Waals surface area contributed by atoms with Crippen LogP contribution in [-0.4, -0.2) is 38.0 Å². The molecule has 1 fully saturated rings. The number of aryl methyl sites for hydroxylation is 2. The first-order valence-corrected chi connectivity index (χ1v) is 7.98.